The monoisotopic (exact) mass is 218 g/mol. The first kappa shape index (κ1) is 11.1. The van der Waals surface area contributed by atoms with Gasteiger partial charge < -0.3 is 10.6 Å². The van der Waals surface area contributed by atoms with Crippen molar-refractivity contribution < 1.29 is 4.79 Å². The van der Waals surface area contributed by atoms with Crippen LogP contribution in [-0.2, 0) is 11.2 Å². The van der Waals surface area contributed by atoms with Crippen molar-refractivity contribution in [1.82, 2.24) is 4.90 Å². The normalized spacial score (nSPS) is 22.9. The Bertz CT molecular complexity index is 363. The van der Waals surface area contributed by atoms with Crippen molar-refractivity contribution in [3.05, 3.63) is 35.9 Å². The molecule has 2 rings (SSSR count). The number of rotatable bonds is 4. The van der Waals surface area contributed by atoms with E-state index in [2.05, 4.69) is 12.1 Å². The van der Waals surface area contributed by atoms with Gasteiger partial charge in [-0.3, -0.25) is 4.79 Å². The summed E-state index contributed by atoms with van der Waals surface area (Å²) >= 11 is 0. The van der Waals surface area contributed by atoms with E-state index < -0.39 is 0 Å². The molecule has 1 aliphatic rings. The molecular formula is C13H18N2O. The Morgan fingerprint density at radius 1 is 1.44 bits per heavy atom. The van der Waals surface area contributed by atoms with Crippen LogP contribution < -0.4 is 5.73 Å². The van der Waals surface area contributed by atoms with Crippen molar-refractivity contribution in [3.63, 3.8) is 0 Å². The number of likely N-dealkylation sites (N-methyl/N-ethyl adjacent to an activating group) is 1. The van der Waals surface area contributed by atoms with Gasteiger partial charge in [-0.1, -0.05) is 30.3 Å². The predicted molar refractivity (Wildman–Crippen MR) is 63.9 cm³/mol. The van der Waals surface area contributed by atoms with Gasteiger partial charge in [0.15, 0.2) is 0 Å². The lowest BCUT2D eigenvalue weighted by Crippen LogP contribution is -2.31. The molecule has 1 amide bonds. The fraction of sp³-hybridized carbons (Fsp3) is 0.462. The number of carbonyl (C=O) groups is 1. The van der Waals surface area contributed by atoms with Gasteiger partial charge in [0.25, 0.3) is 0 Å². The van der Waals surface area contributed by atoms with Crippen molar-refractivity contribution in [2.45, 2.75) is 18.9 Å². The van der Waals surface area contributed by atoms with Gasteiger partial charge in [0.05, 0.1) is 5.92 Å². The molecule has 0 spiro atoms. The molecule has 16 heavy (non-hydrogen) atoms. The minimum Gasteiger partial charge on any atom is -0.345 e. The van der Waals surface area contributed by atoms with Crippen LogP contribution in [0.5, 0.6) is 0 Å². The molecule has 1 fully saturated rings. The van der Waals surface area contributed by atoms with E-state index in [0.717, 1.165) is 19.4 Å². The van der Waals surface area contributed by atoms with Crippen LogP contribution in [0.4, 0.5) is 0 Å². The number of hydrogen-bond acceptors (Lipinski definition) is 2. The minimum absolute atomic E-state index is 0.0840. The molecule has 0 radical (unpaired) electrons. The van der Waals surface area contributed by atoms with Gasteiger partial charge in [0, 0.05) is 19.6 Å². The van der Waals surface area contributed by atoms with Crippen LogP contribution >= 0.6 is 0 Å². The highest BCUT2D eigenvalue weighted by atomic mass is 16.2. The smallest absolute Gasteiger partial charge is 0.227 e. The van der Waals surface area contributed by atoms with Crippen molar-refractivity contribution >= 4 is 5.91 Å². The Labute approximate surface area is 96.2 Å². The average molecular weight is 218 g/mol. The quantitative estimate of drug-likeness (QED) is 0.820. The van der Waals surface area contributed by atoms with Crippen LogP contribution in [-0.4, -0.2) is 30.4 Å². The Hall–Kier alpha value is -1.35. The second-order valence-corrected chi connectivity index (χ2v) is 4.50. The van der Waals surface area contributed by atoms with E-state index >= 15 is 0 Å². The molecule has 3 heteroatoms. The third-order valence-corrected chi connectivity index (χ3v) is 3.11. The molecule has 1 aromatic rings. The van der Waals surface area contributed by atoms with E-state index in [0.29, 0.717) is 0 Å². The predicted octanol–water partition coefficient (Wildman–Crippen LogP) is 1.03. The number of benzene rings is 1. The van der Waals surface area contributed by atoms with E-state index in [1.807, 2.05) is 25.2 Å². The third kappa shape index (κ3) is 2.61. The summed E-state index contributed by atoms with van der Waals surface area (Å²) in [4.78, 5) is 13.6. The van der Waals surface area contributed by atoms with Crippen molar-refractivity contribution in [2.24, 2.45) is 11.7 Å². The van der Waals surface area contributed by atoms with Crippen LogP contribution in [0.25, 0.3) is 0 Å². The molecule has 2 unspecified atom stereocenters. The lowest BCUT2D eigenvalue weighted by atomic mass is 10.1. The van der Waals surface area contributed by atoms with Crippen LogP contribution in [0.15, 0.2) is 30.3 Å². The first-order valence-electron chi connectivity index (χ1n) is 5.73. The molecule has 1 saturated carbocycles. The largest absolute Gasteiger partial charge is 0.345 e. The molecule has 0 aliphatic heterocycles. The summed E-state index contributed by atoms with van der Waals surface area (Å²) in [6.07, 6.45) is 1.76. The molecule has 86 valence electrons. The van der Waals surface area contributed by atoms with Crippen LogP contribution in [0.1, 0.15) is 12.0 Å². The molecule has 0 bridgehead atoms. The zero-order chi connectivity index (χ0) is 11.5. The molecule has 3 nitrogen and oxygen atoms in total. The van der Waals surface area contributed by atoms with Crippen molar-refractivity contribution in [2.75, 3.05) is 13.6 Å². The van der Waals surface area contributed by atoms with Gasteiger partial charge in [0.2, 0.25) is 5.91 Å². The summed E-state index contributed by atoms with van der Waals surface area (Å²) in [5.74, 6) is 0.282. The Kier molecular flexibility index (Phi) is 3.25. The number of hydrogen-bond donors (Lipinski definition) is 1. The second kappa shape index (κ2) is 4.66. The first-order valence-corrected chi connectivity index (χ1v) is 5.73. The molecule has 0 saturated heterocycles. The fourth-order valence-electron chi connectivity index (χ4n) is 1.83. The number of nitrogens with zero attached hydrogens (tertiary/aromatic N) is 1. The number of amides is 1. The van der Waals surface area contributed by atoms with Crippen molar-refractivity contribution in [1.29, 1.82) is 0 Å². The lowest BCUT2D eigenvalue weighted by Gasteiger charge is -2.16. The molecular weight excluding hydrogens is 200 g/mol. The van der Waals surface area contributed by atoms with Gasteiger partial charge in [0.1, 0.15) is 0 Å². The van der Waals surface area contributed by atoms with Gasteiger partial charge in [-0.15, -0.1) is 0 Å². The summed E-state index contributed by atoms with van der Waals surface area (Å²) < 4.78 is 0. The topological polar surface area (TPSA) is 46.3 Å². The van der Waals surface area contributed by atoms with Gasteiger partial charge in [-0.2, -0.15) is 0 Å². The Balaban J connectivity index is 1.80. The van der Waals surface area contributed by atoms with E-state index in [9.17, 15) is 4.79 Å². The highest BCUT2D eigenvalue weighted by Crippen LogP contribution is 2.29. The molecule has 1 aliphatic carbocycles. The zero-order valence-electron chi connectivity index (χ0n) is 9.60. The molecule has 1 aromatic carbocycles. The lowest BCUT2D eigenvalue weighted by molar-refractivity contribution is -0.131. The summed E-state index contributed by atoms with van der Waals surface area (Å²) in [6, 6.07) is 10.3. The maximum Gasteiger partial charge on any atom is 0.227 e. The Morgan fingerprint density at radius 2 is 2.06 bits per heavy atom. The van der Waals surface area contributed by atoms with E-state index in [4.69, 9.17) is 5.73 Å². The zero-order valence-corrected chi connectivity index (χ0v) is 9.60. The van der Waals surface area contributed by atoms with E-state index in [1.54, 1.807) is 4.90 Å². The summed E-state index contributed by atoms with van der Waals surface area (Å²) in [6.45, 7) is 0.770. The highest BCUT2D eigenvalue weighted by Gasteiger charge is 2.41. The first-order chi connectivity index (χ1) is 7.68. The number of nitrogens with two attached hydrogens (primary N) is 1. The van der Waals surface area contributed by atoms with E-state index in [-0.39, 0.29) is 17.9 Å². The van der Waals surface area contributed by atoms with Crippen LogP contribution in [0.3, 0.4) is 0 Å². The second-order valence-electron chi connectivity index (χ2n) is 4.50. The maximum absolute atomic E-state index is 11.8. The van der Waals surface area contributed by atoms with Gasteiger partial charge >= 0.3 is 0 Å². The highest BCUT2D eigenvalue weighted by molar-refractivity contribution is 5.82. The standard InChI is InChI=1S/C13H18N2O/c1-15(13(16)11-9-12(11)14)8-7-10-5-3-2-4-6-10/h2-6,11-12H,7-9,14H2,1H3. The average Bonchev–Trinajstić information content (AvgIpc) is 3.03. The van der Waals surface area contributed by atoms with Crippen LogP contribution in [0.2, 0.25) is 0 Å². The van der Waals surface area contributed by atoms with E-state index in [1.165, 1.54) is 5.56 Å². The number of carbonyl (C=O) groups excluding carboxylic acids is 1. The minimum atomic E-state index is 0.0840. The summed E-state index contributed by atoms with van der Waals surface area (Å²) in [7, 11) is 1.86. The van der Waals surface area contributed by atoms with Gasteiger partial charge in [-0.25, -0.2) is 0 Å². The molecule has 0 aromatic heterocycles. The van der Waals surface area contributed by atoms with Crippen LogP contribution in [0, 0.1) is 5.92 Å². The molecule has 2 N–H and O–H groups in total. The summed E-state index contributed by atoms with van der Waals surface area (Å²) in [5.41, 5.74) is 6.93. The third-order valence-electron chi connectivity index (χ3n) is 3.11. The molecule has 0 heterocycles. The Morgan fingerprint density at radius 3 is 2.62 bits per heavy atom. The van der Waals surface area contributed by atoms with Gasteiger partial charge in [-0.05, 0) is 18.4 Å². The molecule has 2 atom stereocenters. The fourth-order valence-corrected chi connectivity index (χ4v) is 1.83. The SMILES string of the molecule is CN(CCc1ccccc1)C(=O)C1CC1N. The summed E-state index contributed by atoms with van der Waals surface area (Å²) in [5, 5.41) is 0. The maximum atomic E-state index is 11.8. The van der Waals surface area contributed by atoms with Crippen molar-refractivity contribution in [3.8, 4) is 0 Å².